The standard InChI is InChI=1S/C28H30N.Y/c1-19-13-14-26(29(7)18-19)22-16-23-24(21-11-9-8-10-12-21)17-27(3,4)28(5,6)25(23)15-20(22)2;/h8-11,13-16,18H,1-7H3;/q-1;/i1D3;. The van der Waals surface area contributed by atoms with Crippen LogP contribution in [0.2, 0.25) is 0 Å². The van der Waals surface area contributed by atoms with Crippen molar-refractivity contribution >= 4 is 5.57 Å². The average Bonchev–Trinajstić information content (AvgIpc) is 2.71. The number of aryl methyl sites for hydroxylation is 3. The number of pyridine rings is 1. The Bertz CT molecular complexity index is 1220. The molecule has 0 atom stereocenters. The van der Waals surface area contributed by atoms with Gasteiger partial charge in [-0.05, 0) is 30.8 Å². The molecule has 1 aromatic heterocycles. The van der Waals surface area contributed by atoms with Crippen molar-refractivity contribution in [1.82, 2.24) is 0 Å². The van der Waals surface area contributed by atoms with Gasteiger partial charge in [-0.1, -0.05) is 44.7 Å². The molecule has 4 rings (SSSR count). The molecule has 2 heteroatoms. The van der Waals surface area contributed by atoms with Crippen LogP contribution in [0.15, 0.2) is 54.7 Å². The molecule has 151 valence electrons. The number of fused-ring (bicyclic) bond motifs is 1. The third kappa shape index (κ3) is 3.76. The molecule has 0 saturated carbocycles. The molecule has 30 heavy (non-hydrogen) atoms. The molecule has 2 aromatic carbocycles. The third-order valence-corrected chi connectivity index (χ3v) is 6.70. The van der Waals surface area contributed by atoms with E-state index in [0.29, 0.717) is 5.56 Å². The second-order valence-electron chi connectivity index (χ2n) is 9.15. The van der Waals surface area contributed by atoms with E-state index in [-0.39, 0.29) is 43.5 Å². The van der Waals surface area contributed by atoms with Crippen molar-refractivity contribution in [3.8, 4) is 11.3 Å². The van der Waals surface area contributed by atoms with Crippen molar-refractivity contribution in [3.05, 3.63) is 94.7 Å². The van der Waals surface area contributed by atoms with E-state index < -0.39 is 6.85 Å². The monoisotopic (exact) mass is 472 g/mol. The molecule has 1 heterocycles. The van der Waals surface area contributed by atoms with Crippen molar-refractivity contribution in [3.63, 3.8) is 0 Å². The molecule has 0 aliphatic heterocycles. The summed E-state index contributed by atoms with van der Waals surface area (Å²) >= 11 is 0. The van der Waals surface area contributed by atoms with Crippen molar-refractivity contribution in [2.24, 2.45) is 12.5 Å². The molecule has 0 amide bonds. The smallest absolute Gasteiger partial charge is 0.211 e. The molecule has 0 N–H and O–H groups in total. The number of allylic oxidation sites excluding steroid dienone is 1. The molecule has 1 aliphatic carbocycles. The number of aromatic nitrogens is 1. The minimum Gasteiger partial charge on any atom is -0.265 e. The van der Waals surface area contributed by atoms with Gasteiger partial charge in [-0.15, -0.1) is 12.1 Å². The maximum Gasteiger partial charge on any atom is 0.211 e. The van der Waals surface area contributed by atoms with Gasteiger partial charge in [-0.3, -0.25) is 11.1 Å². The fraction of sp³-hybridized carbons (Fsp3) is 0.321. The molecule has 1 nitrogen and oxygen atoms in total. The predicted molar refractivity (Wildman–Crippen MR) is 120 cm³/mol. The maximum atomic E-state index is 7.72. The van der Waals surface area contributed by atoms with Crippen LogP contribution in [0.4, 0.5) is 0 Å². The van der Waals surface area contributed by atoms with Crippen LogP contribution in [-0.4, -0.2) is 0 Å². The van der Waals surface area contributed by atoms with Crippen LogP contribution in [0.1, 0.15) is 59.6 Å². The molecule has 0 saturated heterocycles. The zero-order chi connectivity index (χ0) is 23.5. The molecular formula is C28H30NY-. The van der Waals surface area contributed by atoms with Crippen molar-refractivity contribution in [2.75, 3.05) is 0 Å². The van der Waals surface area contributed by atoms with Crippen LogP contribution in [-0.2, 0) is 45.2 Å². The Morgan fingerprint density at radius 3 is 2.40 bits per heavy atom. The summed E-state index contributed by atoms with van der Waals surface area (Å²) in [7, 11) is 1.91. The molecule has 0 fully saturated rings. The number of hydrogen-bond donors (Lipinski definition) is 0. The van der Waals surface area contributed by atoms with Crippen LogP contribution < -0.4 is 4.57 Å². The summed E-state index contributed by atoms with van der Waals surface area (Å²) in [5.74, 6) is 0. The Labute approximate surface area is 211 Å². The summed E-state index contributed by atoms with van der Waals surface area (Å²) in [4.78, 5) is 0. The van der Waals surface area contributed by atoms with Crippen molar-refractivity contribution in [2.45, 2.75) is 46.9 Å². The predicted octanol–water partition coefficient (Wildman–Crippen LogP) is 6.14. The maximum absolute atomic E-state index is 7.72. The van der Waals surface area contributed by atoms with Gasteiger partial charge in [0.25, 0.3) is 0 Å². The van der Waals surface area contributed by atoms with Gasteiger partial charge in [0.15, 0.2) is 6.20 Å². The fourth-order valence-electron chi connectivity index (χ4n) is 4.23. The Hall–Kier alpha value is -1.57. The SMILES string of the molecule is [2H]C([2H])([2H])c1ccc(-c2cc3c(cc2C)C(C)(C)C(C)(C)[C-]=C3c2[c-]cccc2)[n+](C)c1.[Y]. The summed E-state index contributed by atoms with van der Waals surface area (Å²) in [6, 6.07) is 19.6. The minimum atomic E-state index is -2.12. The fourth-order valence-corrected chi connectivity index (χ4v) is 4.23. The van der Waals surface area contributed by atoms with Gasteiger partial charge in [-0.25, -0.2) is 22.8 Å². The molecule has 0 unspecified atom stereocenters. The average molecular weight is 472 g/mol. The molecule has 1 aliphatic rings. The first kappa shape index (κ1) is 19.1. The van der Waals surface area contributed by atoms with Crippen molar-refractivity contribution in [1.29, 1.82) is 0 Å². The Morgan fingerprint density at radius 1 is 1.00 bits per heavy atom. The summed E-state index contributed by atoms with van der Waals surface area (Å²) in [6.45, 7) is 9.08. The van der Waals surface area contributed by atoms with E-state index in [4.69, 9.17) is 4.11 Å². The van der Waals surface area contributed by atoms with Crippen LogP contribution >= 0.6 is 0 Å². The summed E-state index contributed by atoms with van der Waals surface area (Å²) in [6.07, 6.45) is 5.51. The molecule has 0 bridgehead atoms. The van der Waals surface area contributed by atoms with Crippen LogP contribution in [0, 0.1) is 31.3 Å². The van der Waals surface area contributed by atoms with E-state index in [1.165, 1.54) is 11.1 Å². The number of benzene rings is 2. The van der Waals surface area contributed by atoms with E-state index >= 15 is 0 Å². The van der Waals surface area contributed by atoms with Crippen LogP contribution in [0.3, 0.4) is 0 Å². The zero-order valence-electron chi connectivity index (χ0n) is 21.7. The molecule has 1 radical (unpaired) electrons. The summed E-state index contributed by atoms with van der Waals surface area (Å²) in [5.41, 5.74) is 7.91. The third-order valence-electron chi connectivity index (χ3n) is 6.70. The van der Waals surface area contributed by atoms with E-state index in [9.17, 15) is 0 Å². The molecular weight excluding hydrogens is 439 g/mol. The largest absolute Gasteiger partial charge is 0.265 e. The first-order valence-corrected chi connectivity index (χ1v) is 10.1. The normalized spacial score (nSPS) is 18.2. The number of rotatable bonds is 2. The van der Waals surface area contributed by atoms with E-state index in [1.807, 2.05) is 35.9 Å². The number of nitrogens with zero attached hydrogens (tertiary/aromatic N) is 1. The Kier molecular flexibility index (Phi) is 5.21. The number of hydrogen-bond acceptors (Lipinski definition) is 0. The van der Waals surface area contributed by atoms with Crippen LogP contribution in [0.25, 0.3) is 16.8 Å². The van der Waals surface area contributed by atoms with Gasteiger partial charge in [0, 0.05) is 54.0 Å². The van der Waals surface area contributed by atoms with Gasteiger partial charge >= 0.3 is 0 Å². The van der Waals surface area contributed by atoms with Gasteiger partial charge in [0.2, 0.25) is 5.69 Å². The summed E-state index contributed by atoms with van der Waals surface area (Å²) in [5, 5.41) is 0. The first-order valence-electron chi connectivity index (χ1n) is 11.6. The zero-order valence-corrected chi connectivity index (χ0v) is 21.6. The molecule has 3 aromatic rings. The van der Waals surface area contributed by atoms with E-state index in [1.54, 1.807) is 12.3 Å². The topological polar surface area (TPSA) is 3.88 Å². The first-order chi connectivity index (χ1) is 14.8. The van der Waals surface area contributed by atoms with E-state index in [2.05, 4.69) is 65.0 Å². The second kappa shape index (κ2) is 8.17. The minimum absolute atomic E-state index is 0. The summed E-state index contributed by atoms with van der Waals surface area (Å²) < 4.78 is 25.1. The van der Waals surface area contributed by atoms with Crippen molar-refractivity contribution < 1.29 is 41.4 Å². The quantitative estimate of drug-likeness (QED) is 0.311. The van der Waals surface area contributed by atoms with Gasteiger partial charge in [0.05, 0.1) is 0 Å². The molecule has 0 spiro atoms. The Balaban J connectivity index is 0.00000306. The van der Waals surface area contributed by atoms with Gasteiger partial charge < -0.3 is 0 Å². The van der Waals surface area contributed by atoms with E-state index in [0.717, 1.165) is 28.0 Å². The second-order valence-corrected chi connectivity index (χ2v) is 9.15. The van der Waals surface area contributed by atoms with Gasteiger partial charge in [0.1, 0.15) is 7.05 Å². The van der Waals surface area contributed by atoms with Gasteiger partial charge in [-0.2, -0.15) is 17.7 Å². The van der Waals surface area contributed by atoms with Crippen LogP contribution in [0.5, 0.6) is 0 Å². The Morgan fingerprint density at radius 2 is 1.77 bits per heavy atom.